The first-order valence-corrected chi connectivity index (χ1v) is 8.96. The highest BCUT2D eigenvalue weighted by atomic mass is 16.4. The number of carbonyl (C=O) groups excluding carboxylic acids is 1. The Morgan fingerprint density at radius 1 is 1.24 bits per heavy atom. The van der Waals surface area contributed by atoms with Crippen LogP contribution >= 0.6 is 0 Å². The van der Waals surface area contributed by atoms with Crippen molar-refractivity contribution in [2.75, 3.05) is 32.7 Å². The zero-order valence-electron chi connectivity index (χ0n) is 14.2. The van der Waals surface area contributed by atoms with E-state index in [0.717, 1.165) is 13.1 Å². The largest absolute Gasteiger partial charge is 0.481 e. The maximum absolute atomic E-state index is 12.6. The molecule has 0 aromatic carbocycles. The van der Waals surface area contributed by atoms with E-state index in [4.69, 9.17) is 9.52 Å². The number of aliphatic hydroxyl groups excluding tert-OH is 1. The number of nitrogens with zero attached hydrogens (tertiary/aromatic N) is 2. The number of carbonyl (C=O) groups is 2. The fourth-order valence-corrected chi connectivity index (χ4v) is 4.54. The third kappa shape index (κ3) is 2.75. The highest BCUT2D eigenvalue weighted by Gasteiger charge is 2.58. The molecular formula is C18H24N2O5. The maximum Gasteiger partial charge on any atom is 0.313 e. The summed E-state index contributed by atoms with van der Waals surface area (Å²) in [7, 11) is 0. The number of aliphatic hydroxyl groups is 1. The van der Waals surface area contributed by atoms with Crippen LogP contribution in [-0.4, -0.2) is 64.6 Å². The van der Waals surface area contributed by atoms with Gasteiger partial charge < -0.3 is 24.4 Å². The van der Waals surface area contributed by atoms with E-state index < -0.39 is 11.4 Å². The zero-order chi connectivity index (χ0) is 17.6. The molecule has 25 heavy (non-hydrogen) atoms. The van der Waals surface area contributed by atoms with E-state index in [1.165, 1.54) is 19.3 Å². The van der Waals surface area contributed by atoms with Gasteiger partial charge in [-0.25, -0.2) is 0 Å². The van der Waals surface area contributed by atoms with Gasteiger partial charge in [0.15, 0.2) is 5.76 Å². The van der Waals surface area contributed by atoms with Gasteiger partial charge in [-0.2, -0.15) is 0 Å². The lowest BCUT2D eigenvalue weighted by molar-refractivity contribution is -0.148. The summed E-state index contributed by atoms with van der Waals surface area (Å²) < 4.78 is 5.32. The third-order valence-corrected chi connectivity index (χ3v) is 6.16. The zero-order valence-corrected chi connectivity index (χ0v) is 14.2. The molecule has 0 radical (unpaired) electrons. The molecule has 3 heterocycles. The summed E-state index contributed by atoms with van der Waals surface area (Å²) in [5.74, 6) is 0.0710. The van der Waals surface area contributed by atoms with Crippen LogP contribution in [0.3, 0.4) is 0 Å². The summed E-state index contributed by atoms with van der Waals surface area (Å²) in [6, 6.07) is 3.11. The van der Waals surface area contributed by atoms with Gasteiger partial charge >= 0.3 is 5.97 Å². The second-order valence-corrected chi connectivity index (χ2v) is 7.76. The molecule has 2 saturated heterocycles. The van der Waals surface area contributed by atoms with Crippen LogP contribution < -0.4 is 0 Å². The molecule has 0 spiro atoms. The van der Waals surface area contributed by atoms with Crippen molar-refractivity contribution in [2.24, 2.45) is 17.3 Å². The molecule has 0 unspecified atom stereocenters. The van der Waals surface area contributed by atoms with Crippen LogP contribution in [0.5, 0.6) is 0 Å². The Bertz CT molecular complexity index is 683. The summed E-state index contributed by atoms with van der Waals surface area (Å²) in [4.78, 5) is 28.6. The van der Waals surface area contributed by atoms with Crippen molar-refractivity contribution in [1.29, 1.82) is 0 Å². The molecule has 7 nitrogen and oxygen atoms in total. The molecule has 3 aliphatic rings. The predicted molar refractivity (Wildman–Crippen MR) is 87.9 cm³/mol. The quantitative estimate of drug-likeness (QED) is 0.825. The van der Waals surface area contributed by atoms with Gasteiger partial charge in [-0.15, -0.1) is 0 Å². The molecule has 3 fully saturated rings. The molecule has 2 aliphatic heterocycles. The summed E-state index contributed by atoms with van der Waals surface area (Å²) in [5.41, 5.74) is -0.869. The molecule has 2 N–H and O–H groups in total. The molecule has 136 valence electrons. The van der Waals surface area contributed by atoms with Crippen LogP contribution in [0.15, 0.2) is 16.5 Å². The smallest absolute Gasteiger partial charge is 0.313 e. The number of aliphatic carboxylic acids is 1. The number of likely N-dealkylation sites (tertiary alicyclic amines) is 2. The van der Waals surface area contributed by atoms with E-state index >= 15 is 0 Å². The highest BCUT2D eigenvalue weighted by Crippen LogP contribution is 2.44. The number of hydrogen-bond acceptors (Lipinski definition) is 5. The first kappa shape index (κ1) is 16.6. The van der Waals surface area contributed by atoms with Gasteiger partial charge in [0.25, 0.3) is 5.91 Å². The molecule has 1 saturated carbocycles. The molecule has 1 amide bonds. The normalized spacial score (nSPS) is 29.6. The van der Waals surface area contributed by atoms with E-state index in [1.54, 1.807) is 17.0 Å². The van der Waals surface area contributed by atoms with Crippen LogP contribution in [0.2, 0.25) is 0 Å². The number of rotatable bonds is 5. The number of carboxylic acids is 1. The molecule has 1 aromatic heterocycles. The van der Waals surface area contributed by atoms with Gasteiger partial charge in [0.1, 0.15) is 17.8 Å². The lowest BCUT2D eigenvalue weighted by Crippen LogP contribution is -2.43. The standard InChI is InChI=1S/C18H24N2O5/c21-9-14-4-5-15(25-14)16(22)20-8-13-7-19(6-12-2-1-3-12)10-18(13,11-20)17(23)24/h4-5,12-13,21H,1-3,6-11H2,(H,23,24)/t13-,18-/m1/s1. The summed E-state index contributed by atoms with van der Waals surface area (Å²) >= 11 is 0. The van der Waals surface area contributed by atoms with Gasteiger partial charge in [-0.1, -0.05) is 6.42 Å². The van der Waals surface area contributed by atoms with Crippen molar-refractivity contribution in [3.8, 4) is 0 Å². The third-order valence-electron chi connectivity index (χ3n) is 6.16. The first-order chi connectivity index (χ1) is 12.0. The molecule has 0 bridgehead atoms. The Hall–Kier alpha value is -1.86. The fraction of sp³-hybridized carbons (Fsp3) is 0.667. The predicted octanol–water partition coefficient (Wildman–Crippen LogP) is 1.03. The Labute approximate surface area is 146 Å². The number of amides is 1. The topological polar surface area (TPSA) is 94.2 Å². The Morgan fingerprint density at radius 3 is 2.60 bits per heavy atom. The number of furan rings is 1. The molecule has 1 aromatic rings. The van der Waals surface area contributed by atoms with Gasteiger partial charge in [0.2, 0.25) is 0 Å². The van der Waals surface area contributed by atoms with Crippen LogP contribution in [0, 0.1) is 17.3 Å². The lowest BCUT2D eigenvalue weighted by Gasteiger charge is -2.31. The van der Waals surface area contributed by atoms with Gasteiger partial charge in [0, 0.05) is 38.6 Å². The lowest BCUT2D eigenvalue weighted by atomic mass is 9.81. The van der Waals surface area contributed by atoms with Gasteiger partial charge in [-0.3, -0.25) is 9.59 Å². The molecule has 1 aliphatic carbocycles. The summed E-state index contributed by atoms with van der Waals surface area (Å²) in [6.07, 6.45) is 3.78. The van der Waals surface area contributed by atoms with E-state index in [-0.39, 0.29) is 30.7 Å². The van der Waals surface area contributed by atoms with Crippen molar-refractivity contribution in [2.45, 2.75) is 25.9 Å². The van der Waals surface area contributed by atoms with Crippen LogP contribution in [0.25, 0.3) is 0 Å². The minimum absolute atomic E-state index is 0.0405. The second kappa shape index (κ2) is 6.14. The van der Waals surface area contributed by atoms with E-state index in [0.29, 0.717) is 24.8 Å². The SMILES string of the molecule is O=C(c1ccc(CO)o1)N1C[C@H]2CN(CC3CCC3)C[C@@]2(C(=O)O)C1. The summed E-state index contributed by atoms with van der Waals surface area (Å²) in [6.45, 7) is 2.66. The minimum Gasteiger partial charge on any atom is -0.481 e. The van der Waals surface area contributed by atoms with Crippen molar-refractivity contribution >= 4 is 11.9 Å². The number of hydrogen-bond donors (Lipinski definition) is 2. The maximum atomic E-state index is 12.6. The Balaban J connectivity index is 1.47. The van der Waals surface area contributed by atoms with Crippen molar-refractivity contribution in [3.63, 3.8) is 0 Å². The van der Waals surface area contributed by atoms with Crippen molar-refractivity contribution in [3.05, 3.63) is 23.7 Å². The van der Waals surface area contributed by atoms with Crippen molar-refractivity contribution in [1.82, 2.24) is 9.80 Å². The van der Waals surface area contributed by atoms with Crippen molar-refractivity contribution < 1.29 is 24.2 Å². The van der Waals surface area contributed by atoms with Crippen LogP contribution in [-0.2, 0) is 11.4 Å². The Kier molecular flexibility index (Phi) is 4.08. The van der Waals surface area contributed by atoms with Gasteiger partial charge in [-0.05, 0) is 30.9 Å². The summed E-state index contributed by atoms with van der Waals surface area (Å²) in [5, 5.41) is 19.0. The van der Waals surface area contributed by atoms with Crippen LogP contribution in [0.4, 0.5) is 0 Å². The highest BCUT2D eigenvalue weighted by molar-refractivity contribution is 5.92. The van der Waals surface area contributed by atoms with E-state index in [2.05, 4.69) is 4.90 Å². The number of fused-ring (bicyclic) bond motifs is 1. The molecular weight excluding hydrogens is 324 g/mol. The fourth-order valence-electron chi connectivity index (χ4n) is 4.54. The Morgan fingerprint density at radius 2 is 2.04 bits per heavy atom. The molecule has 4 rings (SSSR count). The monoisotopic (exact) mass is 348 g/mol. The van der Waals surface area contributed by atoms with E-state index in [1.807, 2.05) is 0 Å². The van der Waals surface area contributed by atoms with Gasteiger partial charge in [0.05, 0.1) is 0 Å². The average Bonchev–Trinajstić information content (AvgIpc) is 3.22. The van der Waals surface area contributed by atoms with E-state index in [9.17, 15) is 14.7 Å². The number of carboxylic acid groups (broad SMARTS) is 1. The molecule has 2 atom stereocenters. The second-order valence-electron chi connectivity index (χ2n) is 7.76. The molecule has 7 heteroatoms. The van der Waals surface area contributed by atoms with Crippen LogP contribution in [0.1, 0.15) is 35.6 Å². The average molecular weight is 348 g/mol. The minimum atomic E-state index is -0.869. The first-order valence-electron chi connectivity index (χ1n) is 8.96.